The molecule has 0 heterocycles. The predicted octanol–water partition coefficient (Wildman–Crippen LogP) is 3.65. The van der Waals surface area contributed by atoms with Crippen molar-refractivity contribution in [3.05, 3.63) is 29.8 Å². The number of rotatable bonds is 6. The number of likely N-dealkylation sites (N-methyl/N-ethyl adjacent to an activating group) is 1. The number of nitrogens with one attached hydrogen (secondary N) is 1. The molecule has 0 saturated heterocycles. The van der Waals surface area contributed by atoms with Crippen LogP contribution in [-0.4, -0.2) is 20.2 Å². The maximum absolute atomic E-state index is 5.23. The lowest BCUT2D eigenvalue weighted by molar-refractivity contribution is 0.281. The highest BCUT2D eigenvalue weighted by molar-refractivity contribution is 5.27. The molecule has 1 N–H and O–H groups in total. The van der Waals surface area contributed by atoms with Crippen LogP contribution in [0.1, 0.15) is 37.7 Å². The summed E-state index contributed by atoms with van der Waals surface area (Å²) in [6.07, 6.45) is 8.49. The van der Waals surface area contributed by atoms with Gasteiger partial charge in [0.05, 0.1) is 7.11 Å². The predicted molar refractivity (Wildman–Crippen MR) is 83.1 cm³/mol. The maximum Gasteiger partial charge on any atom is 0.118 e. The van der Waals surface area contributed by atoms with Gasteiger partial charge < -0.3 is 10.1 Å². The molecular weight excluding hydrogens is 246 g/mol. The minimum atomic E-state index is 0.618. The van der Waals surface area contributed by atoms with Crippen LogP contribution in [0.25, 0.3) is 0 Å². The lowest BCUT2D eigenvalue weighted by Crippen LogP contribution is -2.31. The van der Waals surface area contributed by atoms with Gasteiger partial charge in [-0.25, -0.2) is 0 Å². The van der Waals surface area contributed by atoms with Gasteiger partial charge in [-0.3, -0.25) is 0 Å². The van der Waals surface area contributed by atoms with Crippen molar-refractivity contribution in [1.29, 1.82) is 0 Å². The summed E-state index contributed by atoms with van der Waals surface area (Å²) < 4.78 is 5.23. The molecule has 2 aliphatic rings. The Morgan fingerprint density at radius 1 is 1.20 bits per heavy atom. The first-order valence-corrected chi connectivity index (χ1v) is 8.08. The van der Waals surface area contributed by atoms with Crippen molar-refractivity contribution in [2.24, 2.45) is 17.8 Å². The summed E-state index contributed by atoms with van der Waals surface area (Å²) in [7, 11) is 3.84. The Morgan fingerprint density at radius 3 is 2.55 bits per heavy atom. The van der Waals surface area contributed by atoms with Crippen molar-refractivity contribution >= 4 is 0 Å². The van der Waals surface area contributed by atoms with Crippen LogP contribution < -0.4 is 10.1 Å². The normalized spacial score (nSPS) is 29.6. The minimum absolute atomic E-state index is 0.618. The van der Waals surface area contributed by atoms with E-state index in [0.717, 1.165) is 29.9 Å². The third kappa shape index (κ3) is 3.01. The van der Waals surface area contributed by atoms with Crippen LogP contribution in [0.4, 0.5) is 0 Å². The fourth-order valence-corrected chi connectivity index (χ4v) is 4.38. The number of methoxy groups -OCH3 is 1. The zero-order valence-corrected chi connectivity index (χ0v) is 12.8. The van der Waals surface area contributed by atoms with E-state index in [4.69, 9.17) is 4.74 Å². The lowest BCUT2D eigenvalue weighted by Gasteiger charge is -2.26. The van der Waals surface area contributed by atoms with Crippen molar-refractivity contribution in [1.82, 2.24) is 5.32 Å². The van der Waals surface area contributed by atoms with Crippen LogP contribution in [0.15, 0.2) is 24.3 Å². The van der Waals surface area contributed by atoms with Crippen molar-refractivity contribution in [2.75, 3.05) is 14.2 Å². The number of benzene rings is 1. The second kappa shape index (κ2) is 6.17. The van der Waals surface area contributed by atoms with Crippen LogP contribution in [0.2, 0.25) is 0 Å². The molecule has 3 rings (SSSR count). The molecule has 0 aliphatic heterocycles. The Balaban J connectivity index is 1.56. The van der Waals surface area contributed by atoms with E-state index < -0.39 is 0 Å². The maximum atomic E-state index is 5.23. The van der Waals surface area contributed by atoms with E-state index in [1.54, 1.807) is 7.11 Å². The zero-order chi connectivity index (χ0) is 13.9. The summed E-state index contributed by atoms with van der Waals surface area (Å²) in [6.45, 7) is 0. The van der Waals surface area contributed by atoms with Crippen molar-refractivity contribution in [2.45, 2.75) is 44.6 Å². The molecule has 2 saturated carbocycles. The second-order valence-electron chi connectivity index (χ2n) is 6.71. The first-order chi connectivity index (χ1) is 9.78. The minimum Gasteiger partial charge on any atom is -0.497 e. The molecule has 2 nitrogen and oxygen atoms in total. The van der Waals surface area contributed by atoms with E-state index >= 15 is 0 Å². The topological polar surface area (TPSA) is 21.3 Å². The third-order valence-electron chi connectivity index (χ3n) is 5.52. The average molecular weight is 273 g/mol. The fraction of sp³-hybridized carbons (Fsp3) is 0.667. The van der Waals surface area contributed by atoms with Gasteiger partial charge in [-0.2, -0.15) is 0 Å². The molecule has 2 heteroatoms. The molecule has 1 aromatic carbocycles. The van der Waals surface area contributed by atoms with Gasteiger partial charge in [0.15, 0.2) is 0 Å². The van der Waals surface area contributed by atoms with Gasteiger partial charge in [-0.1, -0.05) is 18.6 Å². The highest BCUT2D eigenvalue weighted by atomic mass is 16.5. The van der Waals surface area contributed by atoms with Crippen LogP contribution in [0.3, 0.4) is 0 Å². The van der Waals surface area contributed by atoms with Gasteiger partial charge >= 0.3 is 0 Å². The Hall–Kier alpha value is -1.02. The zero-order valence-electron chi connectivity index (χ0n) is 12.8. The molecule has 0 aromatic heterocycles. The molecule has 0 spiro atoms. The van der Waals surface area contributed by atoms with E-state index in [1.165, 1.54) is 37.7 Å². The summed E-state index contributed by atoms with van der Waals surface area (Å²) >= 11 is 0. The number of hydrogen-bond acceptors (Lipinski definition) is 2. The lowest BCUT2D eigenvalue weighted by atomic mass is 9.83. The first-order valence-electron chi connectivity index (χ1n) is 8.08. The summed E-state index contributed by atoms with van der Waals surface area (Å²) in [4.78, 5) is 0. The van der Waals surface area contributed by atoms with E-state index in [1.807, 2.05) is 0 Å². The highest BCUT2D eigenvalue weighted by Gasteiger charge is 2.39. The number of hydrogen-bond donors (Lipinski definition) is 1. The molecule has 2 aliphatic carbocycles. The Labute approximate surface area is 122 Å². The smallest absolute Gasteiger partial charge is 0.118 e. The molecule has 1 aromatic rings. The van der Waals surface area contributed by atoms with Crippen molar-refractivity contribution in [3.8, 4) is 5.75 Å². The number of ether oxygens (including phenoxy) is 1. The van der Waals surface area contributed by atoms with Gasteiger partial charge in [0.2, 0.25) is 0 Å². The van der Waals surface area contributed by atoms with Crippen molar-refractivity contribution in [3.63, 3.8) is 0 Å². The molecule has 2 fully saturated rings. The molecule has 0 radical (unpaired) electrons. The molecule has 20 heavy (non-hydrogen) atoms. The monoisotopic (exact) mass is 273 g/mol. The van der Waals surface area contributed by atoms with E-state index in [0.29, 0.717) is 6.04 Å². The summed E-state index contributed by atoms with van der Waals surface area (Å²) in [5.41, 5.74) is 1.41. The standard InChI is InChI=1S/C18H27NO/c1-19-17(11-13-4-7-18(20-2)8-5-13)12-16-10-14-3-6-15(16)9-14/h4-5,7-8,14-17,19H,3,6,9-12H2,1-2H3. The van der Waals surface area contributed by atoms with Crippen molar-refractivity contribution < 1.29 is 4.74 Å². The summed E-state index contributed by atoms with van der Waals surface area (Å²) in [5.74, 6) is 4.02. The van der Waals surface area contributed by atoms with Gasteiger partial charge in [0.1, 0.15) is 5.75 Å². The quantitative estimate of drug-likeness (QED) is 0.854. The van der Waals surface area contributed by atoms with Gasteiger partial charge in [-0.05, 0) is 74.6 Å². The fourth-order valence-electron chi connectivity index (χ4n) is 4.38. The van der Waals surface area contributed by atoms with Crippen LogP contribution in [0, 0.1) is 17.8 Å². The molecule has 2 bridgehead atoms. The van der Waals surface area contributed by atoms with Gasteiger partial charge in [0.25, 0.3) is 0 Å². The number of fused-ring (bicyclic) bond motifs is 2. The van der Waals surface area contributed by atoms with Gasteiger partial charge in [-0.15, -0.1) is 0 Å². The summed E-state index contributed by atoms with van der Waals surface area (Å²) in [6, 6.07) is 9.15. The highest BCUT2D eigenvalue weighted by Crippen LogP contribution is 2.49. The molecule has 0 amide bonds. The second-order valence-corrected chi connectivity index (χ2v) is 6.71. The van der Waals surface area contributed by atoms with Crippen LogP contribution >= 0.6 is 0 Å². The molecular formula is C18H27NO. The van der Waals surface area contributed by atoms with E-state index in [9.17, 15) is 0 Å². The van der Waals surface area contributed by atoms with Gasteiger partial charge in [0, 0.05) is 6.04 Å². The summed E-state index contributed by atoms with van der Waals surface area (Å²) in [5, 5.41) is 3.53. The Kier molecular flexibility index (Phi) is 4.30. The Morgan fingerprint density at radius 2 is 2.00 bits per heavy atom. The van der Waals surface area contributed by atoms with E-state index in [-0.39, 0.29) is 0 Å². The van der Waals surface area contributed by atoms with Crippen LogP contribution in [-0.2, 0) is 6.42 Å². The average Bonchev–Trinajstić information content (AvgIpc) is 3.10. The third-order valence-corrected chi connectivity index (χ3v) is 5.52. The first kappa shape index (κ1) is 13.9. The molecule has 4 atom stereocenters. The largest absolute Gasteiger partial charge is 0.497 e. The molecule has 110 valence electrons. The Bertz CT molecular complexity index is 428. The van der Waals surface area contributed by atoms with Crippen LogP contribution in [0.5, 0.6) is 5.75 Å². The SMILES string of the molecule is CNC(Cc1ccc(OC)cc1)CC1CC2CCC1C2. The molecule has 4 unspecified atom stereocenters. The van der Waals surface area contributed by atoms with E-state index in [2.05, 4.69) is 36.6 Å².